The SMILES string of the molecule is CC(Nc1cccc(NC(=O)OC(C)(C)C)c1)c1c(O)cccc1O. The highest BCUT2D eigenvalue weighted by Gasteiger charge is 2.17. The fraction of sp³-hybridized carbons (Fsp3) is 0.316. The van der Waals surface area contributed by atoms with Gasteiger partial charge in [0.25, 0.3) is 0 Å². The quantitative estimate of drug-likeness (QED) is 0.650. The molecule has 0 aromatic heterocycles. The molecule has 6 heteroatoms. The molecule has 25 heavy (non-hydrogen) atoms. The van der Waals surface area contributed by atoms with Crippen molar-refractivity contribution in [1.82, 2.24) is 0 Å². The molecule has 0 saturated carbocycles. The second-order valence-electron chi connectivity index (χ2n) is 6.78. The number of phenols is 2. The Morgan fingerprint density at radius 2 is 1.60 bits per heavy atom. The Hall–Kier alpha value is -2.89. The molecule has 4 N–H and O–H groups in total. The number of hydrogen-bond donors (Lipinski definition) is 4. The summed E-state index contributed by atoms with van der Waals surface area (Å²) in [5.41, 5.74) is 1.14. The Kier molecular flexibility index (Phi) is 5.41. The van der Waals surface area contributed by atoms with E-state index in [0.29, 0.717) is 11.3 Å². The van der Waals surface area contributed by atoms with Crippen LogP contribution >= 0.6 is 0 Å². The first-order valence-electron chi connectivity index (χ1n) is 8.03. The summed E-state index contributed by atoms with van der Waals surface area (Å²) in [6.07, 6.45) is -0.531. The third-order valence-electron chi connectivity index (χ3n) is 3.38. The van der Waals surface area contributed by atoms with Gasteiger partial charge in [0.1, 0.15) is 17.1 Å². The van der Waals surface area contributed by atoms with Crippen molar-refractivity contribution in [2.24, 2.45) is 0 Å². The third kappa shape index (κ3) is 5.31. The number of carbonyl (C=O) groups excluding carboxylic acids is 1. The van der Waals surface area contributed by atoms with Gasteiger partial charge in [-0.1, -0.05) is 12.1 Å². The first-order valence-corrected chi connectivity index (χ1v) is 8.03. The molecule has 1 amide bonds. The van der Waals surface area contributed by atoms with E-state index in [9.17, 15) is 15.0 Å². The maximum absolute atomic E-state index is 11.9. The molecular weight excluding hydrogens is 320 g/mol. The number of hydrogen-bond acceptors (Lipinski definition) is 5. The Bertz CT molecular complexity index is 733. The molecule has 0 aliphatic carbocycles. The van der Waals surface area contributed by atoms with Gasteiger partial charge in [0.2, 0.25) is 0 Å². The highest BCUT2D eigenvalue weighted by atomic mass is 16.6. The highest BCUT2D eigenvalue weighted by Crippen LogP contribution is 2.34. The first-order chi connectivity index (χ1) is 11.7. The van der Waals surface area contributed by atoms with E-state index in [1.165, 1.54) is 12.1 Å². The lowest BCUT2D eigenvalue weighted by Crippen LogP contribution is -2.27. The van der Waals surface area contributed by atoms with Crippen LogP contribution in [0.1, 0.15) is 39.3 Å². The van der Waals surface area contributed by atoms with Crippen LogP contribution in [0.25, 0.3) is 0 Å². The minimum absolute atomic E-state index is 0.0167. The van der Waals surface area contributed by atoms with E-state index in [1.54, 1.807) is 45.0 Å². The smallest absolute Gasteiger partial charge is 0.412 e. The summed E-state index contributed by atoms with van der Waals surface area (Å²) >= 11 is 0. The zero-order valence-electron chi connectivity index (χ0n) is 14.8. The van der Waals surface area contributed by atoms with E-state index in [1.807, 2.05) is 13.0 Å². The van der Waals surface area contributed by atoms with Crippen molar-refractivity contribution in [2.75, 3.05) is 10.6 Å². The van der Waals surface area contributed by atoms with Crippen molar-refractivity contribution in [2.45, 2.75) is 39.3 Å². The van der Waals surface area contributed by atoms with Crippen molar-refractivity contribution in [3.8, 4) is 11.5 Å². The molecule has 6 nitrogen and oxygen atoms in total. The topological polar surface area (TPSA) is 90.8 Å². The van der Waals surface area contributed by atoms with Gasteiger partial charge in [-0.15, -0.1) is 0 Å². The number of carbonyl (C=O) groups is 1. The van der Waals surface area contributed by atoms with Crippen LogP contribution in [-0.2, 0) is 4.74 Å². The predicted octanol–water partition coefficient (Wildman–Crippen LogP) is 4.62. The van der Waals surface area contributed by atoms with Crippen LogP contribution in [0.5, 0.6) is 11.5 Å². The van der Waals surface area contributed by atoms with E-state index < -0.39 is 11.7 Å². The largest absolute Gasteiger partial charge is 0.507 e. The standard InChI is InChI=1S/C19H24N2O4/c1-12(17-15(22)9-6-10-16(17)23)20-13-7-5-8-14(11-13)21-18(24)25-19(2,3)4/h5-12,20,22-23H,1-4H3,(H,21,24). The van der Waals surface area contributed by atoms with Crippen molar-refractivity contribution < 1.29 is 19.7 Å². The molecular formula is C19H24N2O4. The van der Waals surface area contributed by atoms with Gasteiger partial charge in [-0.2, -0.15) is 0 Å². The van der Waals surface area contributed by atoms with Crippen molar-refractivity contribution in [3.63, 3.8) is 0 Å². The number of nitrogens with one attached hydrogen (secondary N) is 2. The fourth-order valence-electron chi connectivity index (χ4n) is 2.42. The molecule has 0 radical (unpaired) electrons. The summed E-state index contributed by atoms with van der Waals surface area (Å²) < 4.78 is 5.23. The molecule has 0 fully saturated rings. The molecule has 0 aliphatic rings. The first kappa shape index (κ1) is 18.4. The van der Waals surface area contributed by atoms with Crippen LogP contribution in [0.4, 0.5) is 16.2 Å². The maximum Gasteiger partial charge on any atom is 0.412 e. The Morgan fingerprint density at radius 1 is 1.04 bits per heavy atom. The number of aromatic hydroxyl groups is 2. The summed E-state index contributed by atoms with van der Waals surface area (Å²) in [5, 5.41) is 25.8. The monoisotopic (exact) mass is 344 g/mol. The number of phenolic OH excluding ortho intramolecular Hbond substituents is 2. The lowest BCUT2D eigenvalue weighted by molar-refractivity contribution is 0.0636. The molecule has 0 saturated heterocycles. The third-order valence-corrected chi connectivity index (χ3v) is 3.38. The van der Waals surface area contributed by atoms with Crippen molar-refractivity contribution in [3.05, 3.63) is 48.0 Å². The van der Waals surface area contributed by atoms with Crippen LogP contribution < -0.4 is 10.6 Å². The summed E-state index contributed by atoms with van der Waals surface area (Å²) in [6, 6.07) is 11.4. The Labute approximate surface area is 147 Å². The number of amides is 1. The number of anilines is 2. The number of benzene rings is 2. The van der Waals surface area contributed by atoms with E-state index >= 15 is 0 Å². The second-order valence-corrected chi connectivity index (χ2v) is 6.78. The van der Waals surface area contributed by atoms with Gasteiger partial charge in [-0.3, -0.25) is 5.32 Å². The predicted molar refractivity (Wildman–Crippen MR) is 98.1 cm³/mol. The molecule has 0 aliphatic heterocycles. The van der Waals surface area contributed by atoms with Crippen LogP contribution in [0, 0.1) is 0 Å². The minimum atomic E-state index is -0.573. The molecule has 1 unspecified atom stereocenters. The Morgan fingerprint density at radius 3 is 2.20 bits per heavy atom. The summed E-state index contributed by atoms with van der Waals surface area (Å²) in [5.74, 6) is 0.0334. The molecule has 0 bridgehead atoms. The average molecular weight is 344 g/mol. The summed E-state index contributed by atoms with van der Waals surface area (Å²) in [7, 11) is 0. The molecule has 2 rings (SSSR count). The molecule has 2 aromatic carbocycles. The molecule has 2 aromatic rings. The fourth-order valence-corrected chi connectivity index (χ4v) is 2.42. The number of rotatable bonds is 4. The second kappa shape index (κ2) is 7.34. The maximum atomic E-state index is 11.9. The lowest BCUT2D eigenvalue weighted by atomic mass is 10.1. The Balaban J connectivity index is 2.10. The van der Waals surface area contributed by atoms with Gasteiger partial charge >= 0.3 is 6.09 Å². The average Bonchev–Trinajstić information content (AvgIpc) is 2.45. The molecule has 0 spiro atoms. The minimum Gasteiger partial charge on any atom is -0.507 e. The van der Waals surface area contributed by atoms with Gasteiger partial charge in [0.05, 0.1) is 11.6 Å². The van der Waals surface area contributed by atoms with Gasteiger partial charge < -0.3 is 20.3 Å². The van der Waals surface area contributed by atoms with E-state index in [4.69, 9.17) is 4.74 Å². The zero-order chi connectivity index (χ0) is 18.6. The van der Waals surface area contributed by atoms with Gasteiger partial charge in [0, 0.05) is 11.4 Å². The van der Waals surface area contributed by atoms with Crippen LogP contribution in [0.15, 0.2) is 42.5 Å². The van der Waals surface area contributed by atoms with Gasteiger partial charge in [0.15, 0.2) is 0 Å². The summed E-state index contributed by atoms with van der Waals surface area (Å²) in [6.45, 7) is 7.21. The van der Waals surface area contributed by atoms with Gasteiger partial charge in [-0.05, 0) is 58.0 Å². The van der Waals surface area contributed by atoms with Crippen LogP contribution in [0.2, 0.25) is 0 Å². The number of ether oxygens (including phenoxy) is 1. The van der Waals surface area contributed by atoms with E-state index in [0.717, 1.165) is 5.69 Å². The molecule has 134 valence electrons. The summed E-state index contributed by atoms with van der Waals surface area (Å²) in [4.78, 5) is 11.9. The lowest BCUT2D eigenvalue weighted by Gasteiger charge is -2.20. The van der Waals surface area contributed by atoms with Crippen molar-refractivity contribution in [1.29, 1.82) is 0 Å². The van der Waals surface area contributed by atoms with Gasteiger partial charge in [-0.25, -0.2) is 4.79 Å². The van der Waals surface area contributed by atoms with Crippen molar-refractivity contribution >= 4 is 17.5 Å². The zero-order valence-corrected chi connectivity index (χ0v) is 14.8. The normalized spacial score (nSPS) is 12.3. The van der Waals surface area contributed by atoms with E-state index in [-0.39, 0.29) is 17.5 Å². The molecule has 1 atom stereocenters. The molecule has 0 heterocycles. The van der Waals surface area contributed by atoms with Crippen LogP contribution in [0.3, 0.4) is 0 Å². The van der Waals surface area contributed by atoms with E-state index in [2.05, 4.69) is 10.6 Å². The van der Waals surface area contributed by atoms with Crippen LogP contribution in [-0.4, -0.2) is 21.9 Å². The highest BCUT2D eigenvalue weighted by molar-refractivity contribution is 5.85.